The summed E-state index contributed by atoms with van der Waals surface area (Å²) < 4.78 is 0. The summed E-state index contributed by atoms with van der Waals surface area (Å²) in [6.45, 7) is 0. The van der Waals surface area contributed by atoms with Gasteiger partial charge in [0, 0.05) is 26.9 Å². The van der Waals surface area contributed by atoms with Crippen LogP contribution in [-0.4, -0.2) is 4.92 Å². The molecule has 0 saturated heterocycles. The Morgan fingerprint density at radius 2 is 1.84 bits per heavy atom. The number of nitrogens with two attached hydrogens (primary N) is 1. The zero-order valence-electron chi connectivity index (χ0n) is 9.47. The van der Waals surface area contributed by atoms with Crippen molar-refractivity contribution in [3.63, 3.8) is 0 Å². The first-order chi connectivity index (χ1) is 8.97. The molecule has 2 rings (SSSR count). The molecule has 4 nitrogen and oxygen atoms in total. The zero-order chi connectivity index (χ0) is 14.0. The van der Waals surface area contributed by atoms with Crippen molar-refractivity contribution in [2.24, 2.45) is 0 Å². The third-order valence-corrected chi connectivity index (χ3v) is 4.14. The highest BCUT2D eigenvalue weighted by molar-refractivity contribution is 7.99. The molecule has 2 aromatic rings. The standard InChI is InChI=1S/C12H8Cl2N2O2S/c13-7-1-3-9(14)12(5-7)19-11-4-2-8(16(17)18)6-10(11)15/h1-6H,15H2. The quantitative estimate of drug-likeness (QED) is 0.509. The Hall–Kier alpha value is -1.43. The Balaban J connectivity index is 2.33. The minimum Gasteiger partial charge on any atom is -0.398 e. The maximum Gasteiger partial charge on any atom is 0.271 e. The minimum absolute atomic E-state index is 0.0426. The summed E-state index contributed by atoms with van der Waals surface area (Å²) in [7, 11) is 0. The van der Waals surface area contributed by atoms with Gasteiger partial charge in [0.05, 0.1) is 15.6 Å². The fourth-order valence-corrected chi connectivity index (χ4v) is 2.79. The number of rotatable bonds is 3. The van der Waals surface area contributed by atoms with E-state index in [1.165, 1.54) is 23.9 Å². The predicted molar refractivity (Wildman–Crippen MR) is 78.1 cm³/mol. The largest absolute Gasteiger partial charge is 0.398 e. The molecule has 2 N–H and O–H groups in total. The Bertz CT molecular complexity index is 650. The lowest BCUT2D eigenvalue weighted by Crippen LogP contribution is -1.93. The van der Waals surface area contributed by atoms with E-state index in [2.05, 4.69) is 0 Å². The Kier molecular flexibility index (Phi) is 4.19. The SMILES string of the molecule is Nc1cc([N+](=O)[O-])ccc1Sc1cc(Cl)ccc1Cl. The van der Waals surface area contributed by atoms with Crippen molar-refractivity contribution in [1.82, 2.24) is 0 Å². The number of hydrogen-bond donors (Lipinski definition) is 1. The molecule has 0 aliphatic rings. The van der Waals surface area contributed by atoms with E-state index in [1.54, 1.807) is 24.3 Å². The fraction of sp³-hybridized carbons (Fsp3) is 0. The summed E-state index contributed by atoms with van der Waals surface area (Å²) in [5.74, 6) is 0. The average molecular weight is 315 g/mol. The van der Waals surface area contributed by atoms with Crippen molar-refractivity contribution in [3.8, 4) is 0 Å². The van der Waals surface area contributed by atoms with Crippen LogP contribution in [0.5, 0.6) is 0 Å². The highest BCUT2D eigenvalue weighted by Crippen LogP contribution is 2.38. The van der Waals surface area contributed by atoms with E-state index in [0.717, 1.165) is 4.90 Å². The van der Waals surface area contributed by atoms with Gasteiger partial charge in [0.1, 0.15) is 0 Å². The van der Waals surface area contributed by atoms with E-state index >= 15 is 0 Å². The first kappa shape index (κ1) is 14.0. The first-order valence-corrected chi connectivity index (χ1v) is 6.71. The van der Waals surface area contributed by atoms with Crippen molar-refractivity contribution >= 4 is 46.3 Å². The van der Waals surface area contributed by atoms with Gasteiger partial charge in [0.15, 0.2) is 0 Å². The van der Waals surface area contributed by atoms with Crippen LogP contribution in [0, 0.1) is 10.1 Å². The molecule has 0 aliphatic heterocycles. The Morgan fingerprint density at radius 3 is 2.47 bits per heavy atom. The smallest absolute Gasteiger partial charge is 0.271 e. The molecule has 0 spiro atoms. The number of anilines is 1. The second kappa shape index (κ2) is 5.69. The molecule has 19 heavy (non-hydrogen) atoms. The van der Waals surface area contributed by atoms with Crippen LogP contribution >= 0.6 is 35.0 Å². The maximum atomic E-state index is 10.6. The van der Waals surface area contributed by atoms with Crippen molar-refractivity contribution < 1.29 is 4.92 Å². The molecule has 0 saturated carbocycles. The molecular weight excluding hydrogens is 307 g/mol. The van der Waals surface area contributed by atoms with Crippen LogP contribution in [0.1, 0.15) is 0 Å². The molecule has 98 valence electrons. The molecule has 7 heteroatoms. The molecule has 0 fully saturated rings. The summed E-state index contributed by atoms with van der Waals surface area (Å²) in [5, 5.41) is 11.7. The van der Waals surface area contributed by atoms with Gasteiger partial charge in [-0.1, -0.05) is 35.0 Å². The number of halogens is 2. The highest BCUT2D eigenvalue weighted by atomic mass is 35.5. The van der Waals surface area contributed by atoms with Crippen LogP contribution in [0.15, 0.2) is 46.2 Å². The number of nitro benzene ring substituents is 1. The number of nitrogen functional groups attached to an aromatic ring is 1. The van der Waals surface area contributed by atoms with Crippen molar-refractivity contribution in [2.45, 2.75) is 9.79 Å². The lowest BCUT2D eigenvalue weighted by molar-refractivity contribution is -0.384. The lowest BCUT2D eigenvalue weighted by Gasteiger charge is -2.07. The van der Waals surface area contributed by atoms with Gasteiger partial charge in [-0.3, -0.25) is 10.1 Å². The summed E-state index contributed by atoms with van der Waals surface area (Å²) >= 11 is 13.3. The van der Waals surface area contributed by atoms with Gasteiger partial charge in [-0.15, -0.1) is 0 Å². The normalized spacial score (nSPS) is 10.4. The monoisotopic (exact) mass is 314 g/mol. The van der Waals surface area contributed by atoms with Gasteiger partial charge in [0.2, 0.25) is 0 Å². The van der Waals surface area contributed by atoms with Crippen LogP contribution in [0.4, 0.5) is 11.4 Å². The van der Waals surface area contributed by atoms with Gasteiger partial charge in [-0.25, -0.2) is 0 Å². The molecule has 0 aliphatic carbocycles. The number of non-ortho nitro benzene ring substituents is 1. The molecule has 0 aromatic heterocycles. The van der Waals surface area contributed by atoms with E-state index in [4.69, 9.17) is 28.9 Å². The Morgan fingerprint density at radius 1 is 1.11 bits per heavy atom. The molecule has 0 radical (unpaired) electrons. The average Bonchev–Trinajstić information content (AvgIpc) is 2.36. The molecule has 0 amide bonds. The predicted octanol–water partition coefficient (Wildman–Crippen LogP) is 4.64. The molecule has 0 heterocycles. The zero-order valence-corrected chi connectivity index (χ0v) is 11.8. The minimum atomic E-state index is -0.489. The van der Waals surface area contributed by atoms with Crippen molar-refractivity contribution in [1.29, 1.82) is 0 Å². The topological polar surface area (TPSA) is 69.2 Å². The van der Waals surface area contributed by atoms with Crippen molar-refractivity contribution in [2.75, 3.05) is 5.73 Å². The third-order valence-electron chi connectivity index (χ3n) is 2.32. The number of benzene rings is 2. The molecule has 0 unspecified atom stereocenters. The van der Waals surface area contributed by atoms with Crippen LogP contribution in [0.25, 0.3) is 0 Å². The second-order valence-corrected chi connectivity index (χ2v) is 5.58. The van der Waals surface area contributed by atoms with Gasteiger partial charge < -0.3 is 5.73 Å². The van der Waals surface area contributed by atoms with Gasteiger partial charge >= 0.3 is 0 Å². The fourth-order valence-electron chi connectivity index (χ4n) is 1.42. The molecule has 2 aromatic carbocycles. The van der Waals surface area contributed by atoms with Crippen LogP contribution in [-0.2, 0) is 0 Å². The molecule has 0 bridgehead atoms. The Labute approximate surface area is 123 Å². The number of nitro groups is 1. The summed E-state index contributed by atoms with van der Waals surface area (Å²) in [6.07, 6.45) is 0. The second-order valence-electron chi connectivity index (χ2n) is 3.66. The number of nitrogens with zero attached hydrogens (tertiary/aromatic N) is 1. The van der Waals surface area contributed by atoms with E-state index in [-0.39, 0.29) is 5.69 Å². The maximum absolute atomic E-state index is 10.6. The summed E-state index contributed by atoms with van der Waals surface area (Å²) in [5.41, 5.74) is 6.08. The van der Waals surface area contributed by atoms with E-state index in [1.807, 2.05) is 0 Å². The lowest BCUT2D eigenvalue weighted by atomic mass is 10.3. The van der Waals surface area contributed by atoms with E-state index in [0.29, 0.717) is 20.6 Å². The third kappa shape index (κ3) is 3.32. The van der Waals surface area contributed by atoms with E-state index in [9.17, 15) is 10.1 Å². The van der Waals surface area contributed by atoms with Gasteiger partial charge in [-0.05, 0) is 24.3 Å². The van der Waals surface area contributed by atoms with Gasteiger partial charge in [0.25, 0.3) is 5.69 Å². The van der Waals surface area contributed by atoms with Gasteiger partial charge in [-0.2, -0.15) is 0 Å². The highest BCUT2D eigenvalue weighted by Gasteiger charge is 2.11. The first-order valence-electron chi connectivity index (χ1n) is 5.14. The van der Waals surface area contributed by atoms with Crippen LogP contribution in [0.3, 0.4) is 0 Å². The molecule has 0 atom stereocenters. The van der Waals surface area contributed by atoms with Crippen molar-refractivity contribution in [3.05, 3.63) is 56.6 Å². The molecular formula is C12H8Cl2N2O2S. The van der Waals surface area contributed by atoms with Crippen LogP contribution in [0.2, 0.25) is 10.0 Å². The van der Waals surface area contributed by atoms with Crippen LogP contribution < -0.4 is 5.73 Å². The number of hydrogen-bond acceptors (Lipinski definition) is 4. The van der Waals surface area contributed by atoms with E-state index < -0.39 is 4.92 Å². The summed E-state index contributed by atoms with van der Waals surface area (Å²) in [4.78, 5) is 11.6. The summed E-state index contributed by atoms with van der Waals surface area (Å²) in [6, 6.07) is 9.41.